The van der Waals surface area contributed by atoms with Crippen LogP contribution in [0.25, 0.3) is 0 Å². The third-order valence-electron chi connectivity index (χ3n) is 8.66. The van der Waals surface area contributed by atoms with Gasteiger partial charge in [-0.05, 0) is 82.3 Å². The van der Waals surface area contributed by atoms with Crippen molar-refractivity contribution in [2.45, 2.75) is 102 Å². The number of hydrogen-bond acceptors (Lipinski definition) is 5. The lowest BCUT2D eigenvalue weighted by atomic mass is 9.94. The van der Waals surface area contributed by atoms with Gasteiger partial charge >= 0.3 is 6.03 Å². The summed E-state index contributed by atoms with van der Waals surface area (Å²) in [6.45, 7) is 7.61. The van der Waals surface area contributed by atoms with Crippen molar-refractivity contribution in [1.82, 2.24) is 24.9 Å². The molecule has 1 aliphatic carbocycles. The molecule has 4 N–H and O–H groups in total. The van der Waals surface area contributed by atoms with Crippen LogP contribution in [0, 0.1) is 12.8 Å². The van der Waals surface area contributed by atoms with E-state index in [1.807, 2.05) is 24.8 Å². The van der Waals surface area contributed by atoms with Gasteiger partial charge in [0.05, 0.1) is 17.7 Å². The first-order chi connectivity index (χ1) is 19.7. The summed E-state index contributed by atoms with van der Waals surface area (Å²) in [5.41, 5.74) is 3.02. The summed E-state index contributed by atoms with van der Waals surface area (Å²) in [6.07, 6.45) is 10.2. The van der Waals surface area contributed by atoms with Crippen LogP contribution in [-0.4, -0.2) is 60.9 Å². The van der Waals surface area contributed by atoms with Crippen LogP contribution in [0.5, 0.6) is 0 Å². The van der Waals surface area contributed by atoms with Gasteiger partial charge < -0.3 is 20.5 Å². The molecule has 2 aromatic rings. The highest BCUT2D eigenvalue weighted by Gasteiger charge is 2.33. The number of anilines is 1. The SMILES string of the molecule is CCNC(=O)Nc1c(C2CCCC2)cccc1S(=O)(=O)N[C@@H](CCCc1nc[nH]c1C)C(=O)N1CCC(CC)CC1. The number of rotatable bonds is 12. The van der Waals surface area contributed by atoms with E-state index in [4.69, 9.17) is 0 Å². The number of H-pyrrole nitrogens is 1. The Kier molecular flexibility index (Phi) is 10.8. The van der Waals surface area contributed by atoms with Gasteiger partial charge in [0.1, 0.15) is 10.9 Å². The van der Waals surface area contributed by atoms with Crippen molar-refractivity contribution in [3.8, 4) is 0 Å². The molecule has 1 aromatic heterocycles. The summed E-state index contributed by atoms with van der Waals surface area (Å²) in [5.74, 6) is 0.585. The Bertz CT molecular complexity index is 1280. The van der Waals surface area contributed by atoms with Crippen molar-refractivity contribution < 1.29 is 18.0 Å². The molecule has 2 heterocycles. The fourth-order valence-electron chi connectivity index (χ4n) is 6.18. The predicted octanol–water partition coefficient (Wildman–Crippen LogP) is 4.84. The molecule has 1 aliphatic heterocycles. The highest BCUT2D eigenvalue weighted by atomic mass is 32.2. The molecule has 1 aromatic carbocycles. The summed E-state index contributed by atoms with van der Waals surface area (Å²) in [4.78, 5) is 35.6. The Labute approximate surface area is 244 Å². The van der Waals surface area contributed by atoms with Gasteiger partial charge in [0.15, 0.2) is 0 Å². The minimum Gasteiger partial charge on any atom is -0.348 e. The lowest BCUT2D eigenvalue weighted by Gasteiger charge is -2.34. The van der Waals surface area contributed by atoms with Crippen LogP contribution in [0.4, 0.5) is 10.5 Å². The van der Waals surface area contributed by atoms with E-state index in [2.05, 4.69) is 32.2 Å². The predicted molar refractivity (Wildman–Crippen MR) is 160 cm³/mol. The van der Waals surface area contributed by atoms with Gasteiger partial charge in [-0.3, -0.25) is 4.79 Å². The first kappa shape index (κ1) is 31.0. The first-order valence-electron chi connectivity index (χ1n) is 15.2. The minimum atomic E-state index is -4.16. The number of hydrogen-bond donors (Lipinski definition) is 4. The number of nitrogens with zero attached hydrogens (tertiary/aromatic N) is 2. The molecule has 11 heteroatoms. The second-order valence-electron chi connectivity index (χ2n) is 11.4. The number of carbonyl (C=O) groups excluding carboxylic acids is 2. The topological polar surface area (TPSA) is 136 Å². The largest absolute Gasteiger partial charge is 0.348 e. The molecule has 4 rings (SSSR count). The molecule has 0 unspecified atom stereocenters. The zero-order valence-corrected chi connectivity index (χ0v) is 25.5. The maximum Gasteiger partial charge on any atom is 0.319 e. The van der Waals surface area contributed by atoms with Crippen molar-refractivity contribution in [1.29, 1.82) is 0 Å². The van der Waals surface area contributed by atoms with Crippen LogP contribution in [0.1, 0.15) is 94.5 Å². The fourth-order valence-corrected chi connectivity index (χ4v) is 7.60. The number of aryl methyl sites for hydroxylation is 2. The van der Waals surface area contributed by atoms with E-state index in [9.17, 15) is 18.0 Å². The number of nitrogens with one attached hydrogen (secondary N) is 4. The third-order valence-corrected chi connectivity index (χ3v) is 10.2. The van der Waals surface area contributed by atoms with E-state index in [1.165, 1.54) is 6.07 Å². The number of aromatic amines is 1. The maximum atomic E-state index is 14.0. The van der Waals surface area contributed by atoms with Gasteiger partial charge in [-0.1, -0.05) is 38.3 Å². The number of amides is 3. The van der Waals surface area contributed by atoms with E-state index in [0.717, 1.165) is 61.9 Å². The molecule has 0 radical (unpaired) electrons. The molecule has 0 bridgehead atoms. The number of likely N-dealkylation sites (tertiary alicyclic amines) is 1. The molecule has 1 saturated carbocycles. The van der Waals surface area contributed by atoms with Crippen LogP contribution in [0.2, 0.25) is 0 Å². The van der Waals surface area contributed by atoms with Crippen molar-refractivity contribution in [2.75, 3.05) is 25.0 Å². The second-order valence-corrected chi connectivity index (χ2v) is 13.1. The van der Waals surface area contributed by atoms with Crippen LogP contribution in [-0.2, 0) is 21.2 Å². The summed E-state index contributed by atoms with van der Waals surface area (Å²) in [5, 5.41) is 5.54. The smallest absolute Gasteiger partial charge is 0.319 e. The number of para-hydroxylation sites is 1. The molecule has 226 valence electrons. The Balaban J connectivity index is 1.61. The summed E-state index contributed by atoms with van der Waals surface area (Å²) >= 11 is 0. The van der Waals surface area contributed by atoms with E-state index >= 15 is 0 Å². The molecule has 2 fully saturated rings. The standard InChI is InChI=1S/C30H46N6O4S/c1-4-22-16-18-36(19-17-22)29(37)26(14-9-13-25-21(3)32-20-33-25)35-41(39,40)27-15-8-12-24(23-10-6-7-11-23)28(27)34-30(38)31-5-2/h8,12,15,20,22-23,26,35H,4-7,9-11,13-14,16-19H2,1-3H3,(H,32,33)(H2,31,34,38)/t26-/m0/s1. The lowest BCUT2D eigenvalue weighted by Crippen LogP contribution is -2.50. The molecule has 41 heavy (non-hydrogen) atoms. The molecule has 0 spiro atoms. The molecule has 1 saturated heterocycles. The maximum absolute atomic E-state index is 14.0. The van der Waals surface area contributed by atoms with E-state index in [-0.39, 0.29) is 16.7 Å². The van der Waals surface area contributed by atoms with Crippen LogP contribution >= 0.6 is 0 Å². The van der Waals surface area contributed by atoms with Crippen molar-refractivity contribution in [2.24, 2.45) is 5.92 Å². The number of aromatic nitrogens is 2. The monoisotopic (exact) mass is 586 g/mol. The van der Waals surface area contributed by atoms with Gasteiger partial charge in [0.25, 0.3) is 0 Å². The number of imidazole rings is 1. The highest BCUT2D eigenvalue weighted by Crippen LogP contribution is 2.40. The highest BCUT2D eigenvalue weighted by molar-refractivity contribution is 7.89. The first-order valence-corrected chi connectivity index (χ1v) is 16.7. The zero-order chi connectivity index (χ0) is 29.4. The Morgan fingerprint density at radius 3 is 2.49 bits per heavy atom. The average Bonchev–Trinajstić information content (AvgIpc) is 3.64. The van der Waals surface area contributed by atoms with Crippen LogP contribution in [0.15, 0.2) is 29.4 Å². The molecular formula is C30H46N6O4S. The van der Waals surface area contributed by atoms with E-state index in [1.54, 1.807) is 12.4 Å². The van der Waals surface area contributed by atoms with Crippen LogP contribution < -0.4 is 15.4 Å². The number of sulfonamides is 1. The van der Waals surface area contributed by atoms with Crippen molar-refractivity contribution >= 4 is 27.6 Å². The van der Waals surface area contributed by atoms with Gasteiger partial charge in [0.2, 0.25) is 15.9 Å². The van der Waals surface area contributed by atoms with E-state index < -0.39 is 22.1 Å². The number of urea groups is 1. The Hall–Kier alpha value is -2.92. The number of carbonyl (C=O) groups is 2. The lowest BCUT2D eigenvalue weighted by molar-refractivity contribution is -0.134. The second kappa shape index (κ2) is 14.3. The van der Waals surface area contributed by atoms with Crippen LogP contribution in [0.3, 0.4) is 0 Å². The number of piperidine rings is 1. The van der Waals surface area contributed by atoms with Crippen molar-refractivity contribution in [3.05, 3.63) is 41.5 Å². The molecule has 10 nitrogen and oxygen atoms in total. The Morgan fingerprint density at radius 1 is 1.12 bits per heavy atom. The summed E-state index contributed by atoms with van der Waals surface area (Å²) < 4.78 is 30.8. The minimum absolute atomic E-state index is 0.00112. The van der Waals surface area contributed by atoms with Crippen molar-refractivity contribution in [3.63, 3.8) is 0 Å². The number of benzene rings is 1. The Morgan fingerprint density at radius 2 is 1.85 bits per heavy atom. The molecule has 2 aliphatic rings. The molecular weight excluding hydrogens is 540 g/mol. The molecule has 3 amide bonds. The quantitative estimate of drug-likeness (QED) is 0.282. The van der Waals surface area contributed by atoms with Gasteiger partial charge in [-0.2, -0.15) is 4.72 Å². The summed E-state index contributed by atoms with van der Waals surface area (Å²) in [6, 6.07) is 3.80. The van der Waals surface area contributed by atoms with E-state index in [0.29, 0.717) is 50.5 Å². The third kappa shape index (κ3) is 7.88. The van der Waals surface area contributed by atoms with Gasteiger partial charge in [0, 0.05) is 25.3 Å². The fraction of sp³-hybridized carbons (Fsp3) is 0.633. The average molecular weight is 587 g/mol. The zero-order valence-electron chi connectivity index (χ0n) is 24.7. The normalized spacial score (nSPS) is 17.5. The van der Waals surface area contributed by atoms with Gasteiger partial charge in [-0.25, -0.2) is 18.2 Å². The molecule has 1 atom stereocenters. The van der Waals surface area contributed by atoms with Gasteiger partial charge in [-0.15, -0.1) is 0 Å². The summed E-state index contributed by atoms with van der Waals surface area (Å²) in [7, 11) is -4.16.